The van der Waals surface area contributed by atoms with E-state index in [4.69, 9.17) is 0 Å². The molecule has 1 heterocycles. The molecule has 0 saturated carbocycles. The van der Waals surface area contributed by atoms with Gasteiger partial charge in [0.1, 0.15) is 0 Å². The quantitative estimate of drug-likeness (QED) is 0.473. The van der Waals surface area contributed by atoms with E-state index < -0.39 is 0 Å². The molecule has 0 aromatic rings. The van der Waals surface area contributed by atoms with Gasteiger partial charge in [0.15, 0.2) is 0 Å². The molecule has 0 N–H and O–H groups in total. The molecule has 1 aliphatic rings. The number of hydrogen-bond donors (Lipinski definition) is 0. The molecule has 0 amide bonds. The first kappa shape index (κ1) is 16.4. The predicted octanol–water partition coefficient (Wildman–Crippen LogP) is 1.70. The zero-order chi connectivity index (χ0) is 13.9. The van der Waals surface area contributed by atoms with Crippen molar-refractivity contribution in [3.05, 3.63) is 0 Å². The van der Waals surface area contributed by atoms with Crippen molar-refractivity contribution in [2.75, 3.05) is 53.1 Å². The Bertz CT molecular complexity index is 244. The standard InChI is InChI=1S/C14H27FN2O2/c1-19-14(18)6-2-4-8-16-10-12-17(13-11-16)9-5-3-7-15/h2-13H2,1H3. The van der Waals surface area contributed by atoms with Gasteiger partial charge in [0.2, 0.25) is 0 Å². The number of carbonyl (C=O) groups is 1. The number of rotatable bonds is 9. The van der Waals surface area contributed by atoms with Crippen LogP contribution >= 0.6 is 0 Å². The van der Waals surface area contributed by atoms with Gasteiger partial charge in [0.25, 0.3) is 0 Å². The Kier molecular flexibility index (Phi) is 8.75. The number of ether oxygens (including phenoxy) is 1. The molecule has 4 nitrogen and oxygen atoms in total. The third-order valence-electron chi connectivity index (χ3n) is 3.66. The average Bonchev–Trinajstić information content (AvgIpc) is 2.45. The zero-order valence-corrected chi connectivity index (χ0v) is 12.1. The highest BCUT2D eigenvalue weighted by molar-refractivity contribution is 5.68. The molecule has 0 unspecified atom stereocenters. The maximum Gasteiger partial charge on any atom is 0.305 e. The monoisotopic (exact) mass is 274 g/mol. The summed E-state index contributed by atoms with van der Waals surface area (Å²) < 4.78 is 16.6. The van der Waals surface area contributed by atoms with Gasteiger partial charge in [-0.1, -0.05) is 0 Å². The SMILES string of the molecule is COC(=O)CCCCN1CCN(CCCCF)CC1. The highest BCUT2D eigenvalue weighted by Gasteiger charge is 2.15. The molecule has 1 saturated heterocycles. The molecule has 112 valence electrons. The summed E-state index contributed by atoms with van der Waals surface area (Å²) in [6.07, 6.45) is 4.14. The molecular weight excluding hydrogens is 247 g/mol. The number of carbonyl (C=O) groups excluding carboxylic acids is 1. The van der Waals surface area contributed by atoms with Crippen LogP contribution in [0.1, 0.15) is 32.1 Å². The van der Waals surface area contributed by atoms with Crippen LogP contribution in [-0.4, -0.2) is 68.8 Å². The number of nitrogens with zero attached hydrogens (tertiary/aromatic N) is 2. The summed E-state index contributed by atoms with van der Waals surface area (Å²) in [4.78, 5) is 15.8. The minimum absolute atomic E-state index is 0.113. The van der Waals surface area contributed by atoms with E-state index in [1.165, 1.54) is 7.11 Å². The lowest BCUT2D eigenvalue weighted by atomic mass is 10.2. The van der Waals surface area contributed by atoms with Crippen LogP contribution in [0, 0.1) is 0 Å². The summed E-state index contributed by atoms with van der Waals surface area (Å²) in [5.74, 6) is -0.113. The number of unbranched alkanes of at least 4 members (excludes halogenated alkanes) is 2. The second-order valence-electron chi connectivity index (χ2n) is 5.11. The van der Waals surface area contributed by atoms with Gasteiger partial charge in [0.05, 0.1) is 13.8 Å². The van der Waals surface area contributed by atoms with Gasteiger partial charge in [-0.3, -0.25) is 9.18 Å². The summed E-state index contributed by atoms with van der Waals surface area (Å²) >= 11 is 0. The Hall–Kier alpha value is -0.680. The fourth-order valence-electron chi connectivity index (χ4n) is 2.37. The van der Waals surface area contributed by atoms with E-state index in [1.807, 2.05) is 0 Å². The second-order valence-corrected chi connectivity index (χ2v) is 5.11. The first-order valence-corrected chi connectivity index (χ1v) is 7.33. The Morgan fingerprint density at radius 2 is 1.53 bits per heavy atom. The van der Waals surface area contributed by atoms with Crippen LogP contribution in [0.3, 0.4) is 0 Å². The van der Waals surface area contributed by atoms with Gasteiger partial charge >= 0.3 is 5.97 Å². The van der Waals surface area contributed by atoms with E-state index in [0.717, 1.165) is 58.5 Å². The minimum Gasteiger partial charge on any atom is -0.469 e. The van der Waals surface area contributed by atoms with E-state index in [9.17, 15) is 9.18 Å². The summed E-state index contributed by atoms with van der Waals surface area (Å²) in [7, 11) is 1.43. The molecular formula is C14H27FN2O2. The van der Waals surface area contributed by atoms with Crippen molar-refractivity contribution in [3.8, 4) is 0 Å². The first-order valence-electron chi connectivity index (χ1n) is 7.33. The van der Waals surface area contributed by atoms with Gasteiger partial charge < -0.3 is 14.5 Å². The largest absolute Gasteiger partial charge is 0.469 e. The number of halogens is 1. The Morgan fingerprint density at radius 1 is 1.00 bits per heavy atom. The normalized spacial score (nSPS) is 17.6. The molecule has 0 atom stereocenters. The third kappa shape index (κ3) is 7.47. The molecule has 0 radical (unpaired) electrons. The van der Waals surface area contributed by atoms with Crippen molar-refractivity contribution in [1.82, 2.24) is 9.80 Å². The Morgan fingerprint density at radius 3 is 2.00 bits per heavy atom. The highest BCUT2D eigenvalue weighted by Crippen LogP contribution is 2.06. The van der Waals surface area contributed by atoms with Gasteiger partial charge in [-0.15, -0.1) is 0 Å². The summed E-state index contributed by atoms with van der Waals surface area (Å²) in [5, 5.41) is 0. The van der Waals surface area contributed by atoms with E-state index in [2.05, 4.69) is 14.5 Å². The smallest absolute Gasteiger partial charge is 0.305 e. The van der Waals surface area contributed by atoms with E-state index in [1.54, 1.807) is 0 Å². The molecule has 1 rings (SSSR count). The van der Waals surface area contributed by atoms with Crippen molar-refractivity contribution in [2.24, 2.45) is 0 Å². The third-order valence-corrected chi connectivity index (χ3v) is 3.66. The molecule has 0 spiro atoms. The lowest BCUT2D eigenvalue weighted by Crippen LogP contribution is -2.46. The average molecular weight is 274 g/mol. The van der Waals surface area contributed by atoms with Gasteiger partial charge in [0, 0.05) is 32.6 Å². The maximum atomic E-state index is 12.0. The van der Waals surface area contributed by atoms with Crippen LogP contribution in [0.25, 0.3) is 0 Å². The van der Waals surface area contributed by atoms with E-state index in [0.29, 0.717) is 12.8 Å². The maximum absolute atomic E-state index is 12.0. The van der Waals surface area contributed by atoms with Crippen molar-refractivity contribution in [2.45, 2.75) is 32.1 Å². The van der Waals surface area contributed by atoms with Gasteiger partial charge in [-0.2, -0.15) is 0 Å². The lowest BCUT2D eigenvalue weighted by Gasteiger charge is -2.34. The van der Waals surface area contributed by atoms with Crippen molar-refractivity contribution in [3.63, 3.8) is 0 Å². The number of methoxy groups -OCH3 is 1. The van der Waals surface area contributed by atoms with Crippen LogP contribution in [0.15, 0.2) is 0 Å². The molecule has 1 aliphatic heterocycles. The van der Waals surface area contributed by atoms with Crippen LogP contribution in [-0.2, 0) is 9.53 Å². The summed E-state index contributed by atoms with van der Waals surface area (Å²) in [5.41, 5.74) is 0. The second kappa shape index (κ2) is 10.1. The number of alkyl halides is 1. The van der Waals surface area contributed by atoms with Crippen molar-refractivity contribution in [1.29, 1.82) is 0 Å². The fraction of sp³-hybridized carbons (Fsp3) is 0.929. The Labute approximate surface area is 115 Å². The van der Waals surface area contributed by atoms with Crippen LogP contribution in [0.2, 0.25) is 0 Å². The molecule has 19 heavy (non-hydrogen) atoms. The Balaban J connectivity index is 1.99. The zero-order valence-electron chi connectivity index (χ0n) is 12.1. The summed E-state index contributed by atoms with van der Waals surface area (Å²) in [6, 6.07) is 0. The number of esters is 1. The molecule has 0 aliphatic carbocycles. The molecule has 5 heteroatoms. The van der Waals surface area contributed by atoms with Crippen LogP contribution < -0.4 is 0 Å². The van der Waals surface area contributed by atoms with Gasteiger partial charge in [-0.05, 0) is 38.8 Å². The number of hydrogen-bond acceptors (Lipinski definition) is 4. The molecule has 0 aromatic carbocycles. The first-order chi connectivity index (χ1) is 9.26. The molecule has 0 bridgehead atoms. The fourth-order valence-corrected chi connectivity index (χ4v) is 2.37. The molecule has 1 fully saturated rings. The minimum atomic E-state index is -0.194. The van der Waals surface area contributed by atoms with E-state index >= 15 is 0 Å². The predicted molar refractivity (Wildman–Crippen MR) is 74.0 cm³/mol. The topological polar surface area (TPSA) is 32.8 Å². The van der Waals surface area contributed by atoms with Crippen molar-refractivity contribution >= 4 is 5.97 Å². The van der Waals surface area contributed by atoms with Gasteiger partial charge in [-0.25, -0.2) is 0 Å². The van der Waals surface area contributed by atoms with E-state index in [-0.39, 0.29) is 12.6 Å². The van der Waals surface area contributed by atoms with Crippen LogP contribution in [0.5, 0.6) is 0 Å². The number of piperazine rings is 1. The van der Waals surface area contributed by atoms with Crippen LogP contribution in [0.4, 0.5) is 4.39 Å². The lowest BCUT2D eigenvalue weighted by molar-refractivity contribution is -0.140. The molecule has 0 aromatic heterocycles. The highest BCUT2D eigenvalue weighted by atomic mass is 19.1. The summed E-state index contributed by atoms with van der Waals surface area (Å²) in [6.45, 7) is 6.25. The van der Waals surface area contributed by atoms with Crippen molar-refractivity contribution < 1.29 is 13.9 Å².